The second-order valence-corrected chi connectivity index (χ2v) is 7.40. The number of ether oxygens (including phenoxy) is 2. The highest BCUT2D eigenvalue weighted by Crippen LogP contribution is 2.09. The van der Waals surface area contributed by atoms with E-state index < -0.39 is 17.2 Å². The van der Waals surface area contributed by atoms with Crippen LogP contribution in [0.3, 0.4) is 0 Å². The summed E-state index contributed by atoms with van der Waals surface area (Å²) in [5.74, 6) is 0.439. The third-order valence-electron chi connectivity index (χ3n) is 3.09. The molecule has 0 aliphatic rings. The molecule has 0 fully saturated rings. The fraction of sp³-hybridized carbons (Fsp3) is 0.824. The van der Waals surface area contributed by atoms with E-state index in [1.165, 1.54) is 7.11 Å². The molecule has 0 aromatic rings. The summed E-state index contributed by atoms with van der Waals surface area (Å²) >= 11 is 0. The van der Waals surface area contributed by atoms with Gasteiger partial charge >= 0.3 is 12.1 Å². The number of carbonyl (C=O) groups excluding carboxylic acids is 2. The Hall–Kier alpha value is -1.99. The van der Waals surface area contributed by atoms with E-state index in [-0.39, 0.29) is 5.97 Å². The topological polar surface area (TPSA) is 101 Å². The molecule has 0 unspecified atom stereocenters. The van der Waals surface area contributed by atoms with Crippen LogP contribution in [0.25, 0.3) is 0 Å². The van der Waals surface area contributed by atoms with Crippen LogP contribution in [-0.2, 0) is 14.3 Å². The minimum absolute atomic E-state index is 0.197. The van der Waals surface area contributed by atoms with Gasteiger partial charge in [-0.3, -0.25) is 9.79 Å². The summed E-state index contributed by atoms with van der Waals surface area (Å²) in [7, 11) is 3.07. The molecule has 0 atom stereocenters. The summed E-state index contributed by atoms with van der Waals surface area (Å²) in [4.78, 5) is 27.0. The number of methoxy groups -OCH3 is 1. The van der Waals surface area contributed by atoms with Gasteiger partial charge in [0.05, 0.1) is 12.6 Å². The van der Waals surface area contributed by atoms with Crippen LogP contribution in [0.4, 0.5) is 4.79 Å². The summed E-state index contributed by atoms with van der Waals surface area (Å²) in [6.07, 6.45) is 1.54. The lowest BCUT2D eigenvalue weighted by molar-refractivity contribution is -0.140. The van der Waals surface area contributed by atoms with Crippen molar-refractivity contribution in [1.29, 1.82) is 0 Å². The molecule has 25 heavy (non-hydrogen) atoms. The zero-order valence-corrected chi connectivity index (χ0v) is 16.6. The molecule has 0 saturated carbocycles. The van der Waals surface area contributed by atoms with Gasteiger partial charge in [-0.1, -0.05) is 0 Å². The molecular weight excluding hydrogens is 324 g/mol. The van der Waals surface area contributed by atoms with Crippen molar-refractivity contribution in [2.24, 2.45) is 4.99 Å². The minimum Gasteiger partial charge on any atom is -0.469 e. The van der Waals surface area contributed by atoms with Crippen LogP contribution < -0.4 is 16.0 Å². The predicted octanol–water partition coefficient (Wildman–Crippen LogP) is 1.80. The highest BCUT2D eigenvalue weighted by Gasteiger charge is 2.24. The van der Waals surface area contributed by atoms with E-state index in [2.05, 4.69) is 25.7 Å². The highest BCUT2D eigenvalue weighted by atomic mass is 16.6. The van der Waals surface area contributed by atoms with Gasteiger partial charge in [-0.25, -0.2) is 4.79 Å². The number of alkyl carbamates (subject to hydrolysis) is 1. The molecule has 0 rings (SSSR count). The van der Waals surface area contributed by atoms with Gasteiger partial charge in [0.25, 0.3) is 0 Å². The number of hydrogen-bond acceptors (Lipinski definition) is 5. The molecule has 0 bridgehead atoms. The summed E-state index contributed by atoms with van der Waals surface area (Å²) in [5, 5.41) is 9.16. The zero-order chi connectivity index (χ0) is 19.5. The second-order valence-electron chi connectivity index (χ2n) is 7.40. The average molecular weight is 358 g/mol. The fourth-order valence-electron chi connectivity index (χ4n) is 1.85. The number of nitrogens with zero attached hydrogens (tertiary/aromatic N) is 1. The van der Waals surface area contributed by atoms with Crippen molar-refractivity contribution >= 4 is 18.0 Å². The summed E-state index contributed by atoms with van der Waals surface area (Å²) in [6.45, 7) is 10.4. The van der Waals surface area contributed by atoms with Gasteiger partial charge in [0, 0.05) is 26.6 Å². The Morgan fingerprint density at radius 2 is 1.68 bits per heavy atom. The zero-order valence-electron chi connectivity index (χ0n) is 16.6. The number of unbranched alkanes of at least 4 members (excludes halogenated alkanes) is 1. The van der Waals surface area contributed by atoms with E-state index in [9.17, 15) is 9.59 Å². The van der Waals surface area contributed by atoms with Crippen molar-refractivity contribution in [3.8, 4) is 0 Å². The first-order valence-corrected chi connectivity index (χ1v) is 8.51. The number of hydrogen-bond donors (Lipinski definition) is 3. The lowest BCUT2D eigenvalue weighted by Gasteiger charge is -2.29. The van der Waals surface area contributed by atoms with Gasteiger partial charge in [-0.05, 0) is 47.5 Å². The molecule has 3 N–H and O–H groups in total. The molecule has 8 nitrogen and oxygen atoms in total. The van der Waals surface area contributed by atoms with Crippen LogP contribution in [0.2, 0.25) is 0 Å². The van der Waals surface area contributed by atoms with Crippen LogP contribution in [0.15, 0.2) is 4.99 Å². The van der Waals surface area contributed by atoms with Crippen molar-refractivity contribution in [3.05, 3.63) is 0 Å². The Balaban J connectivity index is 4.15. The summed E-state index contributed by atoms with van der Waals surface area (Å²) in [6, 6.07) is 0. The third-order valence-corrected chi connectivity index (χ3v) is 3.09. The Kier molecular flexibility index (Phi) is 9.93. The molecular formula is C17H34N4O4. The van der Waals surface area contributed by atoms with Gasteiger partial charge < -0.3 is 25.4 Å². The number of nitrogens with one attached hydrogen (secondary N) is 3. The first-order chi connectivity index (χ1) is 11.5. The Morgan fingerprint density at radius 3 is 2.20 bits per heavy atom. The fourth-order valence-corrected chi connectivity index (χ4v) is 1.85. The first kappa shape index (κ1) is 23.0. The van der Waals surface area contributed by atoms with E-state index in [1.54, 1.807) is 7.05 Å². The van der Waals surface area contributed by atoms with Crippen molar-refractivity contribution in [3.63, 3.8) is 0 Å². The third kappa shape index (κ3) is 13.0. The number of amides is 1. The normalized spacial score (nSPS) is 12.4. The molecule has 0 radical (unpaired) electrons. The Bertz CT molecular complexity index is 456. The van der Waals surface area contributed by atoms with Gasteiger partial charge in [-0.2, -0.15) is 0 Å². The lowest BCUT2D eigenvalue weighted by atomic mass is 10.1. The van der Waals surface area contributed by atoms with E-state index in [4.69, 9.17) is 4.74 Å². The lowest BCUT2D eigenvalue weighted by Crippen LogP contribution is -2.54. The molecule has 0 saturated heterocycles. The molecule has 0 heterocycles. The SMILES string of the molecule is CN=C(NCCCCC(=O)OC)NCC(C)(C)NC(=O)OC(C)(C)C. The van der Waals surface area contributed by atoms with Crippen LogP contribution in [0.1, 0.15) is 53.9 Å². The monoisotopic (exact) mass is 358 g/mol. The van der Waals surface area contributed by atoms with Crippen LogP contribution >= 0.6 is 0 Å². The van der Waals surface area contributed by atoms with Gasteiger partial charge in [0.1, 0.15) is 5.60 Å². The largest absolute Gasteiger partial charge is 0.469 e. The smallest absolute Gasteiger partial charge is 0.408 e. The van der Waals surface area contributed by atoms with Crippen LogP contribution in [0.5, 0.6) is 0 Å². The number of esters is 1. The number of aliphatic imine (C=N–C) groups is 1. The van der Waals surface area contributed by atoms with Crippen molar-refractivity contribution in [2.45, 2.75) is 65.0 Å². The predicted molar refractivity (Wildman–Crippen MR) is 98.7 cm³/mol. The molecule has 8 heteroatoms. The van der Waals surface area contributed by atoms with E-state index in [1.807, 2.05) is 34.6 Å². The van der Waals surface area contributed by atoms with Gasteiger partial charge in [-0.15, -0.1) is 0 Å². The maximum atomic E-state index is 11.9. The maximum Gasteiger partial charge on any atom is 0.408 e. The highest BCUT2D eigenvalue weighted by molar-refractivity contribution is 5.79. The quantitative estimate of drug-likeness (QED) is 0.265. The van der Waals surface area contributed by atoms with Crippen LogP contribution in [0, 0.1) is 0 Å². The van der Waals surface area contributed by atoms with Crippen molar-refractivity contribution in [1.82, 2.24) is 16.0 Å². The molecule has 0 spiro atoms. The molecule has 0 aliphatic carbocycles. The Labute approximate surface area is 151 Å². The summed E-state index contributed by atoms with van der Waals surface area (Å²) in [5.41, 5.74) is -1.04. The molecule has 0 aromatic heterocycles. The standard InChI is InChI=1S/C17H34N4O4/c1-16(2,3)25-15(23)21-17(4,5)12-20-14(18-6)19-11-9-8-10-13(22)24-7/h8-12H2,1-7H3,(H,21,23)(H2,18,19,20). The number of guanidine groups is 1. The number of carbonyl (C=O) groups is 2. The van der Waals surface area contributed by atoms with Gasteiger partial charge in [0.15, 0.2) is 5.96 Å². The molecule has 146 valence electrons. The van der Waals surface area contributed by atoms with Crippen LogP contribution in [-0.4, -0.2) is 56.4 Å². The summed E-state index contributed by atoms with van der Waals surface area (Å²) < 4.78 is 9.86. The average Bonchev–Trinajstić information content (AvgIpc) is 2.46. The van der Waals surface area contributed by atoms with E-state index in [0.29, 0.717) is 25.5 Å². The Morgan fingerprint density at radius 1 is 1.04 bits per heavy atom. The van der Waals surface area contributed by atoms with Crippen molar-refractivity contribution in [2.75, 3.05) is 27.2 Å². The first-order valence-electron chi connectivity index (χ1n) is 8.51. The molecule has 1 amide bonds. The van der Waals surface area contributed by atoms with Crippen molar-refractivity contribution < 1.29 is 19.1 Å². The minimum atomic E-state index is -0.532. The second kappa shape index (κ2) is 10.8. The van der Waals surface area contributed by atoms with E-state index in [0.717, 1.165) is 12.8 Å². The van der Waals surface area contributed by atoms with E-state index >= 15 is 0 Å². The number of rotatable bonds is 8. The van der Waals surface area contributed by atoms with Gasteiger partial charge in [0.2, 0.25) is 0 Å². The maximum absolute atomic E-state index is 11.9. The molecule has 0 aliphatic heterocycles. The molecule has 0 aromatic carbocycles.